The van der Waals surface area contributed by atoms with Crippen LogP contribution in [0.25, 0.3) is 0 Å². The van der Waals surface area contributed by atoms with Crippen molar-refractivity contribution >= 4 is 17.4 Å². The lowest BCUT2D eigenvalue weighted by Gasteiger charge is -2.10. The molecule has 1 N–H and O–H groups in total. The third kappa shape index (κ3) is 5.08. The van der Waals surface area contributed by atoms with Crippen LogP contribution in [0.15, 0.2) is 6.33 Å². The van der Waals surface area contributed by atoms with E-state index in [1.807, 2.05) is 6.92 Å². The third-order valence-electron chi connectivity index (χ3n) is 2.43. The summed E-state index contributed by atoms with van der Waals surface area (Å²) in [6, 6.07) is 0. The van der Waals surface area contributed by atoms with E-state index in [9.17, 15) is 13.2 Å². The highest BCUT2D eigenvalue weighted by Gasteiger charge is 2.25. The Morgan fingerprint density at radius 3 is 2.61 bits per heavy atom. The van der Waals surface area contributed by atoms with Crippen LogP contribution < -0.4 is 5.32 Å². The molecule has 0 aliphatic rings. The highest BCUT2D eigenvalue weighted by molar-refractivity contribution is 6.30. The molecule has 7 heteroatoms. The van der Waals surface area contributed by atoms with Crippen molar-refractivity contribution in [2.75, 3.05) is 11.9 Å². The van der Waals surface area contributed by atoms with Crippen LogP contribution in [-0.4, -0.2) is 22.7 Å². The van der Waals surface area contributed by atoms with E-state index in [1.165, 1.54) is 6.33 Å². The Morgan fingerprint density at radius 2 is 2.00 bits per heavy atom. The van der Waals surface area contributed by atoms with Crippen LogP contribution in [0, 0.1) is 0 Å². The van der Waals surface area contributed by atoms with E-state index in [-0.39, 0.29) is 6.42 Å². The van der Waals surface area contributed by atoms with Gasteiger partial charge in [-0.3, -0.25) is 0 Å². The van der Waals surface area contributed by atoms with Crippen LogP contribution in [0.4, 0.5) is 19.0 Å². The Hall–Kier alpha value is -1.04. The van der Waals surface area contributed by atoms with Crippen molar-refractivity contribution in [3.05, 3.63) is 17.0 Å². The average molecular weight is 282 g/mol. The van der Waals surface area contributed by atoms with Gasteiger partial charge in [-0.2, -0.15) is 13.2 Å². The molecule has 1 heterocycles. The summed E-state index contributed by atoms with van der Waals surface area (Å²) in [5, 5.41) is 3.37. The van der Waals surface area contributed by atoms with Gasteiger partial charge in [-0.15, -0.1) is 0 Å². The Labute approximate surface area is 109 Å². The lowest BCUT2D eigenvalue weighted by molar-refractivity contribution is -0.135. The number of nitrogens with one attached hydrogen (secondary N) is 1. The number of anilines is 1. The van der Waals surface area contributed by atoms with Gasteiger partial charge in [-0.05, 0) is 19.3 Å². The summed E-state index contributed by atoms with van der Waals surface area (Å²) in [6.07, 6.45) is -2.28. The highest BCUT2D eigenvalue weighted by Crippen LogP contribution is 2.23. The fourth-order valence-electron chi connectivity index (χ4n) is 1.51. The summed E-state index contributed by atoms with van der Waals surface area (Å²) in [7, 11) is 0. The molecule has 102 valence electrons. The average Bonchev–Trinajstić information content (AvgIpc) is 2.27. The summed E-state index contributed by atoms with van der Waals surface area (Å²) >= 11 is 5.89. The Balaban J connectivity index is 2.38. The quantitative estimate of drug-likeness (QED) is 0.636. The zero-order valence-corrected chi connectivity index (χ0v) is 10.8. The minimum Gasteiger partial charge on any atom is -0.370 e. The zero-order valence-electron chi connectivity index (χ0n) is 10.0. The van der Waals surface area contributed by atoms with Crippen LogP contribution in [-0.2, 0) is 6.42 Å². The number of hydrogen-bond acceptors (Lipinski definition) is 3. The number of nitrogens with zero attached hydrogens (tertiary/aromatic N) is 2. The molecule has 0 saturated heterocycles. The summed E-state index contributed by atoms with van der Waals surface area (Å²) in [4.78, 5) is 7.88. The minimum absolute atomic E-state index is 0.108. The van der Waals surface area contributed by atoms with E-state index in [0.29, 0.717) is 30.4 Å². The number of alkyl halides is 3. The lowest BCUT2D eigenvalue weighted by Crippen LogP contribution is -2.10. The molecule has 1 rings (SSSR count). The summed E-state index contributed by atoms with van der Waals surface area (Å²) in [6.45, 7) is 2.36. The van der Waals surface area contributed by atoms with Gasteiger partial charge in [0.15, 0.2) is 0 Å². The molecule has 0 unspecified atom stereocenters. The number of hydrogen-bond donors (Lipinski definition) is 1. The zero-order chi connectivity index (χ0) is 13.6. The van der Waals surface area contributed by atoms with Crippen molar-refractivity contribution < 1.29 is 13.2 Å². The van der Waals surface area contributed by atoms with Crippen molar-refractivity contribution in [2.45, 2.75) is 38.8 Å². The molecule has 0 radical (unpaired) electrons. The van der Waals surface area contributed by atoms with Crippen LogP contribution in [0.1, 0.15) is 31.7 Å². The smallest absolute Gasteiger partial charge is 0.370 e. The number of unbranched alkanes of at least 4 members (excludes halogenated alkanes) is 1. The van der Waals surface area contributed by atoms with E-state index in [0.717, 1.165) is 5.56 Å². The first-order valence-electron chi connectivity index (χ1n) is 5.74. The van der Waals surface area contributed by atoms with Gasteiger partial charge in [0.1, 0.15) is 17.3 Å². The van der Waals surface area contributed by atoms with E-state index in [2.05, 4.69) is 15.3 Å². The van der Waals surface area contributed by atoms with Gasteiger partial charge in [-0.25, -0.2) is 9.97 Å². The predicted molar refractivity (Wildman–Crippen MR) is 64.8 cm³/mol. The van der Waals surface area contributed by atoms with Gasteiger partial charge in [0, 0.05) is 18.5 Å². The maximum absolute atomic E-state index is 11.9. The predicted octanol–water partition coefficient (Wildman–Crippen LogP) is 3.84. The van der Waals surface area contributed by atoms with Crippen molar-refractivity contribution in [1.82, 2.24) is 9.97 Å². The standard InChI is InChI=1S/C11H15ClF3N3/c1-2-8-9(12)17-7-18-10(8)16-6-4-3-5-11(13,14)15/h7H,2-6H2,1H3,(H,16,17,18). The second-order valence-corrected chi connectivity index (χ2v) is 4.20. The normalized spacial score (nSPS) is 11.6. The molecule has 1 aromatic heterocycles. The molecule has 0 spiro atoms. The molecule has 0 atom stereocenters. The molecule has 0 aliphatic carbocycles. The minimum atomic E-state index is -4.08. The first kappa shape index (κ1) is 15.0. The Kier molecular flexibility index (Phi) is 5.65. The molecule has 0 saturated carbocycles. The Morgan fingerprint density at radius 1 is 1.28 bits per heavy atom. The molecule has 0 bridgehead atoms. The second kappa shape index (κ2) is 6.78. The molecule has 0 amide bonds. The van der Waals surface area contributed by atoms with Gasteiger partial charge < -0.3 is 5.32 Å². The first-order valence-corrected chi connectivity index (χ1v) is 6.12. The monoisotopic (exact) mass is 281 g/mol. The third-order valence-corrected chi connectivity index (χ3v) is 2.75. The van der Waals surface area contributed by atoms with Gasteiger partial charge >= 0.3 is 6.18 Å². The molecule has 3 nitrogen and oxygen atoms in total. The largest absolute Gasteiger partial charge is 0.389 e. The van der Waals surface area contributed by atoms with Crippen LogP contribution in [0.5, 0.6) is 0 Å². The molecule has 18 heavy (non-hydrogen) atoms. The molecular formula is C11H15ClF3N3. The van der Waals surface area contributed by atoms with Crippen molar-refractivity contribution in [2.24, 2.45) is 0 Å². The first-order chi connectivity index (χ1) is 8.44. The molecule has 0 aromatic carbocycles. The van der Waals surface area contributed by atoms with E-state index >= 15 is 0 Å². The number of aromatic nitrogens is 2. The van der Waals surface area contributed by atoms with E-state index in [1.54, 1.807) is 0 Å². The SMILES string of the molecule is CCc1c(Cl)ncnc1NCCCCC(F)(F)F. The van der Waals surface area contributed by atoms with Crippen LogP contribution in [0.3, 0.4) is 0 Å². The fourth-order valence-corrected chi connectivity index (χ4v) is 1.78. The Bertz CT molecular complexity index is 382. The fraction of sp³-hybridized carbons (Fsp3) is 0.636. The summed E-state index contributed by atoms with van der Waals surface area (Å²) in [5.74, 6) is 0.601. The highest BCUT2D eigenvalue weighted by atomic mass is 35.5. The number of rotatable bonds is 6. The molecule has 0 aliphatic heterocycles. The van der Waals surface area contributed by atoms with E-state index < -0.39 is 12.6 Å². The van der Waals surface area contributed by atoms with Gasteiger partial charge in [0.25, 0.3) is 0 Å². The van der Waals surface area contributed by atoms with Gasteiger partial charge in [0.05, 0.1) is 0 Å². The maximum Gasteiger partial charge on any atom is 0.389 e. The van der Waals surface area contributed by atoms with Crippen LogP contribution >= 0.6 is 11.6 Å². The van der Waals surface area contributed by atoms with Gasteiger partial charge in [0.2, 0.25) is 0 Å². The molecule has 0 fully saturated rings. The van der Waals surface area contributed by atoms with Gasteiger partial charge in [-0.1, -0.05) is 18.5 Å². The maximum atomic E-state index is 11.9. The van der Waals surface area contributed by atoms with Crippen molar-refractivity contribution in [3.8, 4) is 0 Å². The molecule has 1 aromatic rings. The van der Waals surface area contributed by atoms with Crippen molar-refractivity contribution in [1.29, 1.82) is 0 Å². The number of halogens is 4. The molecular weight excluding hydrogens is 267 g/mol. The topological polar surface area (TPSA) is 37.8 Å². The van der Waals surface area contributed by atoms with Crippen molar-refractivity contribution in [3.63, 3.8) is 0 Å². The van der Waals surface area contributed by atoms with Crippen LogP contribution in [0.2, 0.25) is 5.15 Å². The summed E-state index contributed by atoms with van der Waals surface area (Å²) in [5.41, 5.74) is 0.787. The summed E-state index contributed by atoms with van der Waals surface area (Å²) < 4.78 is 35.8. The van der Waals surface area contributed by atoms with E-state index in [4.69, 9.17) is 11.6 Å². The lowest BCUT2D eigenvalue weighted by atomic mass is 10.2. The second-order valence-electron chi connectivity index (χ2n) is 3.84.